The third kappa shape index (κ3) is 6.17. The molecule has 1 aromatic carbocycles. The van der Waals surface area contributed by atoms with Gasteiger partial charge in [-0.15, -0.1) is 12.4 Å². The van der Waals surface area contributed by atoms with Gasteiger partial charge >= 0.3 is 0 Å². The fraction of sp³-hybridized carbons (Fsp3) is 0.619. The predicted molar refractivity (Wildman–Crippen MR) is 110 cm³/mol. The highest BCUT2D eigenvalue weighted by Crippen LogP contribution is 2.23. The summed E-state index contributed by atoms with van der Waals surface area (Å²) in [5.74, 6) is 0.215. The number of amides is 2. The van der Waals surface area contributed by atoms with E-state index in [1.807, 2.05) is 17.9 Å². The number of nitrogens with one attached hydrogen (secondary N) is 2. The van der Waals surface area contributed by atoms with E-state index in [9.17, 15) is 14.0 Å². The molecule has 2 aliphatic rings. The van der Waals surface area contributed by atoms with Crippen LogP contribution in [-0.2, 0) is 9.59 Å². The smallest absolute Gasteiger partial charge is 0.237 e. The van der Waals surface area contributed by atoms with E-state index in [0.717, 1.165) is 44.3 Å². The van der Waals surface area contributed by atoms with Crippen LogP contribution in [0.2, 0.25) is 0 Å². The van der Waals surface area contributed by atoms with Crippen LogP contribution in [0.4, 0.5) is 4.39 Å². The van der Waals surface area contributed by atoms with E-state index < -0.39 is 0 Å². The van der Waals surface area contributed by atoms with Crippen molar-refractivity contribution in [3.63, 3.8) is 0 Å². The third-order valence-corrected chi connectivity index (χ3v) is 5.71. The Balaban J connectivity index is 0.00000280. The van der Waals surface area contributed by atoms with Gasteiger partial charge in [0.1, 0.15) is 5.82 Å². The molecule has 0 spiro atoms. The number of halogens is 2. The average molecular weight is 412 g/mol. The van der Waals surface area contributed by atoms with Gasteiger partial charge in [-0.25, -0.2) is 4.39 Å². The maximum Gasteiger partial charge on any atom is 0.237 e. The van der Waals surface area contributed by atoms with Gasteiger partial charge in [-0.3, -0.25) is 9.59 Å². The second-order valence-electron chi connectivity index (χ2n) is 7.90. The first-order valence-corrected chi connectivity index (χ1v) is 10.1. The second-order valence-corrected chi connectivity index (χ2v) is 7.90. The topological polar surface area (TPSA) is 61.4 Å². The highest BCUT2D eigenvalue weighted by Gasteiger charge is 2.27. The zero-order valence-electron chi connectivity index (χ0n) is 16.5. The van der Waals surface area contributed by atoms with Crippen molar-refractivity contribution in [2.75, 3.05) is 26.2 Å². The van der Waals surface area contributed by atoms with E-state index >= 15 is 0 Å². The molecule has 3 rings (SSSR count). The first kappa shape index (κ1) is 22.6. The summed E-state index contributed by atoms with van der Waals surface area (Å²) in [7, 11) is 0. The summed E-state index contributed by atoms with van der Waals surface area (Å²) >= 11 is 0. The first-order chi connectivity index (χ1) is 13.0. The van der Waals surface area contributed by atoms with Crippen LogP contribution >= 0.6 is 12.4 Å². The Hall–Kier alpha value is -1.66. The zero-order valence-corrected chi connectivity index (χ0v) is 17.3. The lowest BCUT2D eigenvalue weighted by molar-refractivity contribution is -0.133. The summed E-state index contributed by atoms with van der Waals surface area (Å²) in [5, 5.41) is 6.25. The molecule has 0 bridgehead atoms. The summed E-state index contributed by atoms with van der Waals surface area (Å²) in [6.45, 7) is 4.95. The molecule has 2 N–H and O–H groups in total. The van der Waals surface area contributed by atoms with Gasteiger partial charge in [-0.1, -0.05) is 19.1 Å². The molecule has 0 radical (unpaired) electrons. The van der Waals surface area contributed by atoms with Gasteiger partial charge in [0, 0.05) is 26.1 Å². The fourth-order valence-corrected chi connectivity index (χ4v) is 4.06. The number of benzene rings is 1. The van der Waals surface area contributed by atoms with Crippen molar-refractivity contribution >= 4 is 24.2 Å². The Morgan fingerprint density at radius 1 is 1.32 bits per heavy atom. The molecule has 2 amide bonds. The quantitative estimate of drug-likeness (QED) is 0.756. The Bertz CT molecular complexity index is 667. The van der Waals surface area contributed by atoms with E-state index in [1.165, 1.54) is 12.1 Å². The number of rotatable bonds is 6. The van der Waals surface area contributed by atoms with Crippen LogP contribution in [-0.4, -0.2) is 48.9 Å². The normalized spacial score (nSPS) is 23.0. The Kier molecular flexibility index (Phi) is 8.70. The van der Waals surface area contributed by atoms with Crippen molar-refractivity contribution in [2.24, 2.45) is 5.92 Å². The maximum atomic E-state index is 13.4. The minimum atomic E-state index is -0.266. The van der Waals surface area contributed by atoms with Crippen molar-refractivity contribution in [2.45, 2.75) is 51.0 Å². The number of carbonyl (C=O) groups excluding carboxylic acids is 2. The molecular weight excluding hydrogens is 381 g/mol. The van der Waals surface area contributed by atoms with E-state index in [-0.39, 0.29) is 42.0 Å². The van der Waals surface area contributed by atoms with Crippen molar-refractivity contribution in [3.05, 3.63) is 35.6 Å². The lowest BCUT2D eigenvalue weighted by Crippen LogP contribution is -2.46. The maximum absolute atomic E-state index is 13.4. The van der Waals surface area contributed by atoms with E-state index in [1.54, 1.807) is 6.07 Å². The van der Waals surface area contributed by atoms with Crippen LogP contribution in [0.25, 0.3) is 0 Å². The Morgan fingerprint density at radius 3 is 2.86 bits per heavy atom. The van der Waals surface area contributed by atoms with Crippen molar-refractivity contribution in [1.29, 1.82) is 0 Å². The van der Waals surface area contributed by atoms with Crippen LogP contribution in [0.1, 0.15) is 50.5 Å². The molecule has 156 valence electrons. The van der Waals surface area contributed by atoms with E-state index in [4.69, 9.17) is 0 Å². The molecule has 2 saturated heterocycles. The minimum absolute atomic E-state index is 0. The molecule has 28 heavy (non-hydrogen) atoms. The van der Waals surface area contributed by atoms with Gasteiger partial charge in [-0.2, -0.15) is 0 Å². The molecule has 0 aromatic heterocycles. The number of carbonyl (C=O) groups is 2. The lowest BCUT2D eigenvalue weighted by atomic mass is 9.94. The molecule has 0 saturated carbocycles. The molecule has 3 atom stereocenters. The molecule has 7 heteroatoms. The van der Waals surface area contributed by atoms with Crippen LogP contribution in [0.5, 0.6) is 0 Å². The van der Waals surface area contributed by atoms with Gasteiger partial charge in [-0.05, 0) is 61.8 Å². The standard InChI is InChI=1S/C21H30FN3O2.ClH/c1-15(17-6-2-7-18(22)12-17)11-20(26)25-10-4-5-16(14-25)13-24-21(27)19-8-3-9-23-19;/h2,6-7,12,15-16,19,23H,3-5,8-11,13-14H2,1H3,(H,24,27);1H. The lowest BCUT2D eigenvalue weighted by Gasteiger charge is -2.33. The molecule has 1 aromatic rings. The van der Waals surface area contributed by atoms with Crippen molar-refractivity contribution in [1.82, 2.24) is 15.5 Å². The third-order valence-electron chi connectivity index (χ3n) is 5.71. The van der Waals surface area contributed by atoms with Crippen LogP contribution in [0.15, 0.2) is 24.3 Å². The summed E-state index contributed by atoms with van der Waals surface area (Å²) < 4.78 is 13.4. The SMILES string of the molecule is CC(CC(=O)N1CCCC(CNC(=O)C2CCCN2)C1)c1cccc(F)c1.Cl. The molecule has 0 aliphatic carbocycles. The highest BCUT2D eigenvalue weighted by molar-refractivity contribution is 5.85. The van der Waals surface area contributed by atoms with Crippen LogP contribution in [0, 0.1) is 11.7 Å². The monoisotopic (exact) mass is 411 g/mol. The molecule has 2 fully saturated rings. The molecular formula is C21H31ClFN3O2. The fourth-order valence-electron chi connectivity index (χ4n) is 4.06. The summed E-state index contributed by atoms with van der Waals surface area (Å²) in [6.07, 6.45) is 4.32. The van der Waals surface area contributed by atoms with Crippen LogP contribution in [0.3, 0.4) is 0 Å². The van der Waals surface area contributed by atoms with Crippen molar-refractivity contribution in [3.8, 4) is 0 Å². The first-order valence-electron chi connectivity index (χ1n) is 10.1. The summed E-state index contributed by atoms with van der Waals surface area (Å²) in [6, 6.07) is 6.42. The summed E-state index contributed by atoms with van der Waals surface area (Å²) in [4.78, 5) is 26.7. The van der Waals surface area contributed by atoms with Gasteiger partial charge < -0.3 is 15.5 Å². The number of hydrogen-bond donors (Lipinski definition) is 2. The van der Waals surface area contributed by atoms with Gasteiger partial charge in [0.15, 0.2) is 0 Å². The summed E-state index contributed by atoms with van der Waals surface area (Å²) in [5.41, 5.74) is 0.855. The predicted octanol–water partition coefficient (Wildman–Crippen LogP) is 2.85. The molecule has 3 unspecified atom stereocenters. The molecule has 5 nitrogen and oxygen atoms in total. The second kappa shape index (κ2) is 10.8. The number of likely N-dealkylation sites (tertiary alicyclic amines) is 1. The minimum Gasteiger partial charge on any atom is -0.354 e. The molecule has 2 heterocycles. The number of piperidine rings is 1. The Morgan fingerprint density at radius 2 is 2.14 bits per heavy atom. The zero-order chi connectivity index (χ0) is 19.2. The highest BCUT2D eigenvalue weighted by atomic mass is 35.5. The van der Waals surface area contributed by atoms with Gasteiger partial charge in [0.05, 0.1) is 6.04 Å². The molecule has 2 aliphatic heterocycles. The van der Waals surface area contributed by atoms with Gasteiger partial charge in [0.2, 0.25) is 11.8 Å². The van der Waals surface area contributed by atoms with E-state index in [2.05, 4.69) is 10.6 Å². The number of nitrogens with zero attached hydrogens (tertiary/aromatic N) is 1. The van der Waals surface area contributed by atoms with Gasteiger partial charge in [0.25, 0.3) is 0 Å². The number of hydrogen-bond acceptors (Lipinski definition) is 3. The largest absolute Gasteiger partial charge is 0.354 e. The van der Waals surface area contributed by atoms with E-state index in [0.29, 0.717) is 25.4 Å². The Labute approximate surface area is 172 Å². The van der Waals surface area contributed by atoms with Crippen molar-refractivity contribution < 1.29 is 14.0 Å². The average Bonchev–Trinajstić information content (AvgIpc) is 3.21. The van der Waals surface area contributed by atoms with Crippen LogP contribution < -0.4 is 10.6 Å².